The van der Waals surface area contributed by atoms with E-state index in [0.717, 1.165) is 5.52 Å². The molecule has 2 rings (SSSR count). The summed E-state index contributed by atoms with van der Waals surface area (Å²) in [5, 5.41) is 11.8. The van der Waals surface area contributed by atoms with E-state index in [1.165, 1.54) is 6.33 Å². The minimum absolute atomic E-state index is 0.187. The number of fused-ring (bicyclic) bond motifs is 1. The van der Waals surface area contributed by atoms with Gasteiger partial charge in [0.15, 0.2) is 11.5 Å². The van der Waals surface area contributed by atoms with Crippen molar-refractivity contribution >= 4 is 23.0 Å². The molecule has 2 aromatic rings. The van der Waals surface area contributed by atoms with Crippen LogP contribution in [-0.2, 0) is 4.79 Å². The van der Waals surface area contributed by atoms with Gasteiger partial charge in [0.2, 0.25) is 0 Å². The Labute approximate surface area is 104 Å². The summed E-state index contributed by atoms with van der Waals surface area (Å²) in [6.45, 7) is 2.67. The molecule has 7 heteroatoms. The zero-order valence-electron chi connectivity index (χ0n) is 10.1. The Morgan fingerprint density at radius 1 is 1.50 bits per heavy atom. The number of hydrogen-bond acceptors (Lipinski definition) is 5. The molecular formula is C11H15N5O2. The normalized spacial score (nSPS) is 12.5. The van der Waals surface area contributed by atoms with Gasteiger partial charge in [-0.15, -0.1) is 0 Å². The van der Waals surface area contributed by atoms with Crippen molar-refractivity contribution in [2.24, 2.45) is 5.92 Å². The summed E-state index contributed by atoms with van der Waals surface area (Å²) in [5.74, 6) is 0.188. The highest BCUT2D eigenvalue weighted by molar-refractivity contribution is 5.81. The molecule has 3 N–H and O–H groups in total. The van der Waals surface area contributed by atoms with Gasteiger partial charge in [0, 0.05) is 13.0 Å². The van der Waals surface area contributed by atoms with Gasteiger partial charge in [-0.25, -0.2) is 15.0 Å². The van der Waals surface area contributed by atoms with E-state index in [0.29, 0.717) is 24.4 Å². The van der Waals surface area contributed by atoms with Crippen LogP contribution >= 0.6 is 0 Å². The Kier molecular flexibility index (Phi) is 3.71. The number of anilines is 1. The highest BCUT2D eigenvalue weighted by atomic mass is 16.4. The van der Waals surface area contributed by atoms with Crippen molar-refractivity contribution in [2.75, 3.05) is 11.9 Å². The van der Waals surface area contributed by atoms with Crippen molar-refractivity contribution in [1.82, 2.24) is 19.9 Å². The summed E-state index contributed by atoms with van der Waals surface area (Å²) in [6.07, 6.45) is 3.84. The number of aromatic nitrogens is 4. The van der Waals surface area contributed by atoms with Crippen LogP contribution in [0.25, 0.3) is 11.2 Å². The van der Waals surface area contributed by atoms with Crippen molar-refractivity contribution in [2.45, 2.75) is 19.8 Å². The fourth-order valence-electron chi connectivity index (χ4n) is 1.64. The lowest BCUT2D eigenvalue weighted by Crippen LogP contribution is -2.14. The van der Waals surface area contributed by atoms with Crippen LogP contribution in [0.5, 0.6) is 0 Å². The van der Waals surface area contributed by atoms with Crippen LogP contribution < -0.4 is 5.32 Å². The van der Waals surface area contributed by atoms with E-state index in [1.807, 2.05) is 6.92 Å². The molecule has 0 bridgehead atoms. The number of carbonyl (C=O) groups is 1. The maximum Gasteiger partial charge on any atom is 0.303 e. The number of H-pyrrole nitrogens is 1. The lowest BCUT2D eigenvalue weighted by Gasteiger charge is -2.11. The molecule has 0 spiro atoms. The Morgan fingerprint density at radius 2 is 2.33 bits per heavy atom. The second-order valence-corrected chi connectivity index (χ2v) is 4.24. The van der Waals surface area contributed by atoms with E-state index in [2.05, 4.69) is 25.3 Å². The maximum atomic E-state index is 10.5. The first-order chi connectivity index (χ1) is 8.66. The second kappa shape index (κ2) is 5.44. The van der Waals surface area contributed by atoms with E-state index in [1.54, 1.807) is 6.33 Å². The van der Waals surface area contributed by atoms with E-state index in [4.69, 9.17) is 5.11 Å². The molecule has 7 nitrogen and oxygen atoms in total. The van der Waals surface area contributed by atoms with Gasteiger partial charge in [-0.1, -0.05) is 6.92 Å². The summed E-state index contributed by atoms with van der Waals surface area (Å²) in [5.41, 5.74) is 1.38. The molecule has 2 heterocycles. The lowest BCUT2D eigenvalue weighted by molar-refractivity contribution is -0.137. The molecule has 96 valence electrons. The Morgan fingerprint density at radius 3 is 3.11 bits per heavy atom. The standard InChI is InChI=1S/C11H15N5O2/c1-7(2-3-8(17)18)4-12-10-9-11(14-5-13-9)16-6-15-10/h5-7H,2-4H2,1H3,(H,17,18)(H2,12,13,14,15,16). The van der Waals surface area contributed by atoms with Crippen LogP contribution in [0.4, 0.5) is 5.82 Å². The molecule has 0 aliphatic rings. The van der Waals surface area contributed by atoms with Gasteiger partial charge >= 0.3 is 5.97 Å². The van der Waals surface area contributed by atoms with E-state index in [-0.39, 0.29) is 12.3 Å². The number of aliphatic carboxylic acids is 1. The van der Waals surface area contributed by atoms with Crippen LogP contribution in [0.3, 0.4) is 0 Å². The summed E-state index contributed by atoms with van der Waals surface area (Å²) in [7, 11) is 0. The van der Waals surface area contributed by atoms with Crippen molar-refractivity contribution in [3.63, 3.8) is 0 Å². The predicted molar refractivity (Wildman–Crippen MR) is 66.2 cm³/mol. The zero-order valence-corrected chi connectivity index (χ0v) is 10.1. The van der Waals surface area contributed by atoms with Gasteiger partial charge in [0.05, 0.1) is 6.33 Å². The van der Waals surface area contributed by atoms with Crippen molar-refractivity contribution < 1.29 is 9.90 Å². The maximum absolute atomic E-state index is 10.5. The largest absolute Gasteiger partial charge is 0.481 e. The van der Waals surface area contributed by atoms with Crippen molar-refractivity contribution in [3.8, 4) is 0 Å². The number of nitrogens with zero attached hydrogens (tertiary/aromatic N) is 3. The van der Waals surface area contributed by atoms with Crippen molar-refractivity contribution in [3.05, 3.63) is 12.7 Å². The average molecular weight is 249 g/mol. The first-order valence-electron chi connectivity index (χ1n) is 5.76. The van der Waals surface area contributed by atoms with Crippen LogP contribution in [-0.4, -0.2) is 37.6 Å². The quantitative estimate of drug-likeness (QED) is 0.712. The van der Waals surface area contributed by atoms with Gasteiger partial charge in [-0.3, -0.25) is 4.79 Å². The van der Waals surface area contributed by atoms with Crippen LogP contribution in [0.2, 0.25) is 0 Å². The van der Waals surface area contributed by atoms with Crippen LogP contribution in [0.15, 0.2) is 12.7 Å². The first kappa shape index (κ1) is 12.3. The molecule has 0 aliphatic carbocycles. The molecule has 0 amide bonds. The molecular weight excluding hydrogens is 234 g/mol. The fraction of sp³-hybridized carbons (Fsp3) is 0.455. The van der Waals surface area contributed by atoms with Gasteiger partial charge < -0.3 is 15.4 Å². The molecule has 0 aliphatic heterocycles. The smallest absolute Gasteiger partial charge is 0.303 e. The van der Waals surface area contributed by atoms with E-state index < -0.39 is 5.97 Å². The van der Waals surface area contributed by atoms with E-state index in [9.17, 15) is 4.79 Å². The van der Waals surface area contributed by atoms with Gasteiger partial charge in [0.25, 0.3) is 0 Å². The van der Waals surface area contributed by atoms with Crippen molar-refractivity contribution in [1.29, 1.82) is 0 Å². The number of hydrogen-bond donors (Lipinski definition) is 3. The van der Waals surface area contributed by atoms with Crippen LogP contribution in [0, 0.1) is 5.92 Å². The number of imidazole rings is 1. The Balaban J connectivity index is 1.93. The molecule has 0 saturated carbocycles. The lowest BCUT2D eigenvalue weighted by atomic mass is 10.1. The zero-order chi connectivity index (χ0) is 13.0. The highest BCUT2D eigenvalue weighted by Gasteiger charge is 2.08. The number of nitrogens with one attached hydrogen (secondary N) is 2. The molecule has 1 atom stereocenters. The summed E-state index contributed by atoms with van der Waals surface area (Å²) in [6, 6.07) is 0. The molecule has 0 radical (unpaired) electrons. The monoisotopic (exact) mass is 249 g/mol. The van der Waals surface area contributed by atoms with Gasteiger partial charge in [-0.05, 0) is 12.3 Å². The summed E-state index contributed by atoms with van der Waals surface area (Å²) in [4.78, 5) is 25.6. The molecule has 0 saturated heterocycles. The molecule has 18 heavy (non-hydrogen) atoms. The minimum atomic E-state index is -0.764. The molecule has 1 unspecified atom stereocenters. The fourth-order valence-corrected chi connectivity index (χ4v) is 1.64. The molecule has 0 fully saturated rings. The summed E-state index contributed by atoms with van der Waals surface area (Å²) < 4.78 is 0. The Bertz CT molecular complexity index is 539. The Hall–Kier alpha value is -2.18. The average Bonchev–Trinajstić information content (AvgIpc) is 2.82. The van der Waals surface area contributed by atoms with Crippen LogP contribution in [0.1, 0.15) is 19.8 Å². The van der Waals surface area contributed by atoms with E-state index >= 15 is 0 Å². The topological polar surface area (TPSA) is 104 Å². The number of aromatic amines is 1. The SMILES string of the molecule is CC(CCC(=O)O)CNc1ncnc2nc[nH]c12. The minimum Gasteiger partial charge on any atom is -0.481 e. The third-order valence-electron chi connectivity index (χ3n) is 2.69. The molecule has 0 aromatic carbocycles. The third-order valence-corrected chi connectivity index (χ3v) is 2.69. The first-order valence-corrected chi connectivity index (χ1v) is 5.76. The third kappa shape index (κ3) is 2.93. The number of rotatable bonds is 6. The number of carboxylic acids is 1. The second-order valence-electron chi connectivity index (χ2n) is 4.24. The van der Waals surface area contributed by atoms with Gasteiger partial charge in [0.1, 0.15) is 11.8 Å². The highest BCUT2D eigenvalue weighted by Crippen LogP contribution is 2.15. The predicted octanol–water partition coefficient (Wildman–Crippen LogP) is 1.27. The molecule has 2 aromatic heterocycles. The number of carboxylic acid groups (broad SMARTS) is 1. The summed E-state index contributed by atoms with van der Waals surface area (Å²) >= 11 is 0. The van der Waals surface area contributed by atoms with Gasteiger partial charge in [-0.2, -0.15) is 0 Å².